The van der Waals surface area contributed by atoms with Gasteiger partial charge in [-0.15, -0.1) is 0 Å². The molecule has 4 nitrogen and oxygen atoms in total. The summed E-state index contributed by atoms with van der Waals surface area (Å²) in [6.07, 6.45) is 4.43. The van der Waals surface area contributed by atoms with Crippen LogP contribution in [0.25, 0.3) is 0 Å². The lowest BCUT2D eigenvalue weighted by atomic mass is 10.1. The van der Waals surface area contributed by atoms with Gasteiger partial charge in [0.2, 0.25) is 5.91 Å². The summed E-state index contributed by atoms with van der Waals surface area (Å²) in [4.78, 5) is 24.2. The van der Waals surface area contributed by atoms with Gasteiger partial charge in [-0.2, -0.15) is 0 Å². The minimum atomic E-state index is -0.540. The fraction of sp³-hybridized carbons (Fsp3) is 0.556. The average molecular weight is 304 g/mol. The van der Waals surface area contributed by atoms with Gasteiger partial charge in [0, 0.05) is 11.6 Å². The van der Waals surface area contributed by atoms with E-state index >= 15 is 0 Å². The lowest BCUT2D eigenvalue weighted by Gasteiger charge is -2.18. The highest BCUT2D eigenvalue weighted by molar-refractivity contribution is 5.97. The minimum absolute atomic E-state index is 0.134. The van der Waals surface area contributed by atoms with Gasteiger partial charge in [0.1, 0.15) is 6.04 Å². The van der Waals surface area contributed by atoms with E-state index in [0.29, 0.717) is 5.56 Å². The van der Waals surface area contributed by atoms with Crippen LogP contribution in [-0.2, 0) is 4.79 Å². The summed E-state index contributed by atoms with van der Waals surface area (Å²) in [5.74, 6) is -0.352. The predicted octanol–water partition coefficient (Wildman–Crippen LogP) is 3.20. The molecule has 0 radical (unpaired) electrons. The third kappa shape index (κ3) is 6.29. The predicted molar refractivity (Wildman–Crippen MR) is 89.9 cm³/mol. The van der Waals surface area contributed by atoms with Crippen LogP contribution in [0.1, 0.15) is 62.4 Å². The Balaban J connectivity index is 2.45. The van der Waals surface area contributed by atoms with Gasteiger partial charge in [-0.05, 0) is 39.3 Å². The fourth-order valence-corrected chi connectivity index (χ4v) is 2.27. The second kappa shape index (κ2) is 9.23. The summed E-state index contributed by atoms with van der Waals surface area (Å²) in [5.41, 5.74) is 1.60. The maximum absolute atomic E-state index is 12.1. The molecule has 2 amide bonds. The van der Waals surface area contributed by atoms with Gasteiger partial charge < -0.3 is 10.6 Å². The van der Waals surface area contributed by atoms with Crippen molar-refractivity contribution >= 4 is 11.8 Å². The molecule has 0 aliphatic carbocycles. The van der Waals surface area contributed by atoms with Crippen molar-refractivity contribution in [3.8, 4) is 0 Å². The van der Waals surface area contributed by atoms with Gasteiger partial charge in [-0.3, -0.25) is 9.59 Å². The number of benzene rings is 1. The van der Waals surface area contributed by atoms with E-state index < -0.39 is 6.04 Å². The summed E-state index contributed by atoms with van der Waals surface area (Å²) < 4.78 is 0. The van der Waals surface area contributed by atoms with Gasteiger partial charge >= 0.3 is 0 Å². The third-order valence-corrected chi connectivity index (χ3v) is 3.65. The average Bonchev–Trinajstić information content (AvgIpc) is 2.47. The van der Waals surface area contributed by atoms with Gasteiger partial charge in [0.25, 0.3) is 5.91 Å². The van der Waals surface area contributed by atoms with Crippen molar-refractivity contribution in [1.82, 2.24) is 10.6 Å². The SMILES string of the molecule is CCCCCC(C)NC(=O)C(C)NC(=O)c1cccc(C)c1. The Bertz CT molecular complexity index is 500. The molecule has 0 aliphatic heterocycles. The van der Waals surface area contributed by atoms with E-state index in [0.717, 1.165) is 18.4 Å². The molecule has 2 N–H and O–H groups in total. The number of nitrogens with one attached hydrogen (secondary N) is 2. The van der Waals surface area contributed by atoms with E-state index in [2.05, 4.69) is 17.6 Å². The lowest BCUT2D eigenvalue weighted by Crippen LogP contribution is -2.47. The molecule has 0 aromatic heterocycles. The van der Waals surface area contributed by atoms with E-state index in [-0.39, 0.29) is 17.9 Å². The Labute approximate surface area is 133 Å². The van der Waals surface area contributed by atoms with Crippen LogP contribution < -0.4 is 10.6 Å². The molecule has 0 saturated carbocycles. The van der Waals surface area contributed by atoms with Gasteiger partial charge in [0.15, 0.2) is 0 Å². The zero-order chi connectivity index (χ0) is 16.5. The van der Waals surface area contributed by atoms with Crippen LogP contribution in [0.15, 0.2) is 24.3 Å². The van der Waals surface area contributed by atoms with Crippen molar-refractivity contribution in [1.29, 1.82) is 0 Å². The van der Waals surface area contributed by atoms with E-state index in [4.69, 9.17) is 0 Å². The van der Waals surface area contributed by atoms with Gasteiger partial charge in [0.05, 0.1) is 0 Å². The molecule has 4 heteroatoms. The monoisotopic (exact) mass is 304 g/mol. The number of hydrogen-bond acceptors (Lipinski definition) is 2. The third-order valence-electron chi connectivity index (χ3n) is 3.65. The molecule has 1 rings (SSSR count). The zero-order valence-corrected chi connectivity index (χ0v) is 14.1. The highest BCUT2D eigenvalue weighted by Crippen LogP contribution is 2.05. The van der Waals surface area contributed by atoms with Crippen LogP contribution in [0.2, 0.25) is 0 Å². The van der Waals surface area contributed by atoms with Crippen LogP contribution in [0.5, 0.6) is 0 Å². The van der Waals surface area contributed by atoms with E-state index in [1.165, 1.54) is 12.8 Å². The zero-order valence-electron chi connectivity index (χ0n) is 14.1. The van der Waals surface area contributed by atoms with Crippen LogP contribution in [0, 0.1) is 6.92 Å². The lowest BCUT2D eigenvalue weighted by molar-refractivity contribution is -0.123. The number of rotatable bonds is 8. The summed E-state index contributed by atoms with van der Waals surface area (Å²) in [7, 11) is 0. The second-order valence-electron chi connectivity index (χ2n) is 5.97. The molecule has 0 spiro atoms. The highest BCUT2D eigenvalue weighted by atomic mass is 16.2. The summed E-state index contributed by atoms with van der Waals surface area (Å²) in [6.45, 7) is 7.81. The van der Waals surface area contributed by atoms with Crippen LogP contribution in [0.4, 0.5) is 0 Å². The first-order chi connectivity index (χ1) is 10.4. The first-order valence-corrected chi connectivity index (χ1v) is 8.12. The van der Waals surface area contributed by atoms with E-state index in [1.807, 2.05) is 32.0 Å². The van der Waals surface area contributed by atoms with Crippen molar-refractivity contribution in [2.45, 2.75) is 65.5 Å². The second-order valence-corrected chi connectivity index (χ2v) is 5.97. The van der Waals surface area contributed by atoms with Crippen molar-refractivity contribution in [3.63, 3.8) is 0 Å². The maximum Gasteiger partial charge on any atom is 0.251 e. The van der Waals surface area contributed by atoms with E-state index in [9.17, 15) is 9.59 Å². The maximum atomic E-state index is 12.1. The Morgan fingerprint density at radius 1 is 1.14 bits per heavy atom. The summed E-state index contributed by atoms with van der Waals surface area (Å²) >= 11 is 0. The topological polar surface area (TPSA) is 58.2 Å². The Kier molecular flexibility index (Phi) is 7.64. The van der Waals surface area contributed by atoms with E-state index in [1.54, 1.807) is 13.0 Å². The van der Waals surface area contributed by atoms with Crippen LogP contribution in [-0.4, -0.2) is 23.9 Å². The number of hydrogen-bond donors (Lipinski definition) is 2. The number of carbonyl (C=O) groups is 2. The molecule has 22 heavy (non-hydrogen) atoms. The number of amides is 2. The fourth-order valence-electron chi connectivity index (χ4n) is 2.27. The molecule has 122 valence electrons. The minimum Gasteiger partial charge on any atom is -0.352 e. The number of unbranched alkanes of at least 4 members (excludes halogenated alkanes) is 2. The molecule has 0 saturated heterocycles. The molecular formula is C18H28N2O2. The summed E-state index contributed by atoms with van der Waals surface area (Å²) in [5, 5.41) is 5.70. The van der Waals surface area contributed by atoms with Crippen molar-refractivity contribution in [2.24, 2.45) is 0 Å². The smallest absolute Gasteiger partial charge is 0.251 e. The Morgan fingerprint density at radius 3 is 2.50 bits per heavy atom. The molecule has 1 aromatic rings. The summed E-state index contributed by atoms with van der Waals surface area (Å²) in [6, 6.07) is 6.93. The highest BCUT2D eigenvalue weighted by Gasteiger charge is 2.18. The molecule has 2 atom stereocenters. The van der Waals surface area contributed by atoms with Gasteiger partial charge in [-0.25, -0.2) is 0 Å². The number of carbonyl (C=O) groups excluding carboxylic acids is 2. The quantitative estimate of drug-likeness (QED) is 0.725. The Hall–Kier alpha value is -1.84. The van der Waals surface area contributed by atoms with Crippen molar-refractivity contribution < 1.29 is 9.59 Å². The molecule has 2 unspecified atom stereocenters. The van der Waals surface area contributed by atoms with Crippen LogP contribution >= 0.6 is 0 Å². The first-order valence-electron chi connectivity index (χ1n) is 8.12. The standard InChI is InChI=1S/C18H28N2O2/c1-5-6-7-10-14(3)19-17(21)15(4)20-18(22)16-11-8-9-13(2)12-16/h8-9,11-12,14-15H,5-7,10H2,1-4H3,(H,19,21)(H,20,22). The van der Waals surface area contributed by atoms with Crippen LogP contribution in [0.3, 0.4) is 0 Å². The number of aryl methyl sites for hydroxylation is 1. The molecule has 1 aromatic carbocycles. The van der Waals surface area contributed by atoms with Crippen molar-refractivity contribution in [3.05, 3.63) is 35.4 Å². The van der Waals surface area contributed by atoms with Gasteiger partial charge in [-0.1, -0.05) is 43.9 Å². The molecule has 0 fully saturated rings. The molecule has 0 bridgehead atoms. The molecular weight excluding hydrogens is 276 g/mol. The molecule has 0 aliphatic rings. The van der Waals surface area contributed by atoms with Crippen molar-refractivity contribution in [2.75, 3.05) is 0 Å². The largest absolute Gasteiger partial charge is 0.352 e. The molecule has 0 heterocycles. The Morgan fingerprint density at radius 2 is 1.86 bits per heavy atom. The first kappa shape index (κ1) is 18.2. The normalized spacial score (nSPS) is 13.3.